The summed E-state index contributed by atoms with van der Waals surface area (Å²) in [5, 5.41) is 11.4. The lowest BCUT2D eigenvalue weighted by Crippen LogP contribution is -2.35. The maximum atomic E-state index is 12.5. The molecule has 2 aromatic heterocycles. The first-order valence-electron chi connectivity index (χ1n) is 8.05. The molecule has 0 saturated heterocycles. The third-order valence-electron chi connectivity index (χ3n) is 4.07. The Morgan fingerprint density at radius 3 is 2.50 bits per heavy atom. The van der Waals surface area contributed by atoms with Gasteiger partial charge in [0.2, 0.25) is 0 Å². The van der Waals surface area contributed by atoms with E-state index in [1.807, 2.05) is 13.8 Å². The molecule has 4 rings (SSSR count). The molecule has 0 bridgehead atoms. The lowest BCUT2D eigenvalue weighted by Gasteiger charge is -2.17. The molecule has 0 spiro atoms. The standard InChI is InChI=1S/C18H15N5O3/c1-11(2)23-17(24)14-5-3-12(7-15(14)18(23)25)16-6-4-13(26-16)8-21-22-9-19-20-10-22/h3-11H,1-2H3. The first-order chi connectivity index (χ1) is 12.5. The van der Waals surface area contributed by atoms with E-state index in [9.17, 15) is 9.59 Å². The zero-order chi connectivity index (χ0) is 18.3. The van der Waals surface area contributed by atoms with Crippen LogP contribution in [0.25, 0.3) is 11.3 Å². The first kappa shape index (κ1) is 15.9. The minimum atomic E-state index is -0.275. The number of fused-ring (bicyclic) bond motifs is 1. The van der Waals surface area contributed by atoms with E-state index in [2.05, 4.69) is 15.3 Å². The second-order valence-electron chi connectivity index (χ2n) is 6.12. The van der Waals surface area contributed by atoms with Crippen molar-refractivity contribution >= 4 is 18.0 Å². The average molecular weight is 349 g/mol. The highest BCUT2D eigenvalue weighted by Crippen LogP contribution is 2.30. The van der Waals surface area contributed by atoms with Crippen LogP contribution in [0, 0.1) is 0 Å². The lowest BCUT2D eigenvalue weighted by atomic mass is 10.0. The van der Waals surface area contributed by atoms with Crippen molar-refractivity contribution in [3.8, 4) is 11.3 Å². The number of hydrogen-bond acceptors (Lipinski definition) is 6. The van der Waals surface area contributed by atoms with Gasteiger partial charge in [0.05, 0.1) is 17.3 Å². The fraction of sp³-hybridized carbons (Fsp3) is 0.167. The normalized spacial score (nSPS) is 14.0. The summed E-state index contributed by atoms with van der Waals surface area (Å²) in [6.07, 6.45) is 4.46. The van der Waals surface area contributed by atoms with Crippen molar-refractivity contribution in [2.75, 3.05) is 0 Å². The fourth-order valence-corrected chi connectivity index (χ4v) is 2.84. The number of amides is 2. The van der Waals surface area contributed by atoms with Crippen LogP contribution in [0.1, 0.15) is 40.3 Å². The number of imide groups is 1. The minimum absolute atomic E-state index is 0.185. The summed E-state index contributed by atoms with van der Waals surface area (Å²) in [7, 11) is 0. The second-order valence-corrected chi connectivity index (χ2v) is 6.12. The third-order valence-corrected chi connectivity index (χ3v) is 4.07. The van der Waals surface area contributed by atoms with Crippen LogP contribution in [0.5, 0.6) is 0 Å². The molecule has 0 saturated carbocycles. The van der Waals surface area contributed by atoms with Gasteiger partial charge in [-0.2, -0.15) is 5.10 Å². The number of rotatable bonds is 4. The smallest absolute Gasteiger partial charge is 0.261 e. The third kappa shape index (κ3) is 2.61. The van der Waals surface area contributed by atoms with Crippen LogP contribution in [-0.2, 0) is 0 Å². The van der Waals surface area contributed by atoms with Crippen LogP contribution in [-0.4, -0.2) is 43.8 Å². The lowest BCUT2D eigenvalue weighted by molar-refractivity contribution is 0.0609. The number of furan rings is 1. The summed E-state index contributed by atoms with van der Waals surface area (Å²) in [4.78, 5) is 26.1. The van der Waals surface area contributed by atoms with E-state index in [4.69, 9.17) is 4.42 Å². The van der Waals surface area contributed by atoms with Gasteiger partial charge in [-0.05, 0) is 38.1 Å². The summed E-state index contributed by atoms with van der Waals surface area (Å²) in [5.74, 6) is 0.595. The molecule has 26 heavy (non-hydrogen) atoms. The van der Waals surface area contributed by atoms with Gasteiger partial charge in [0.25, 0.3) is 11.8 Å². The van der Waals surface area contributed by atoms with Crippen LogP contribution < -0.4 is 0 Å². The molecule has 8 nitrogen and oxygen atoms in total. The Hall–Kier alpha value is -3.55. The highest BCUT2D eigenvalue weighted by atomic mass is 16.3. The molecular weight excluding hydrogens is 334 g/mol. The maximum absolute atomic E-state index is 12.5. The summed E-state index contributed by atoms with van der Waals surface area (Å²) in [5.41, 5.74) is 1.55. The molecule has 3 aromatic rings. The summed E-state index contributed by atoms with van der Waals surface area (Å²) >= 11 is 0. The zero-order valence-electron chi connectivity index (χ0n) is 14.2. The number of nitrogens with zero attached hydrogens (tertiary/aromatic N) is 5. The van der Waals surface area contributed by atoms with Crippen LogP contribution in [0.4, 0.5) is 0 Å². The molecular formula is C18H15N5O3. The number of carbonyl (C=O) groups is 2. The van der Waals surface area contributed by atoms with Crippen molar-refractivity contribution in [1.82, 2.24) is 19.8 Å². The van der Waals surface area contributed by atoms with Gasteiger partial charge in [-0.1, -0.05) is 6.07 Å². The SMILES string of the molecule is CC(C)N1C(=O)c2ccc(-c3ccc(C=Nn4cnnc4)o3)cc2C1=O. The molecule has 8 heteroatoms. The Kier molecular flexibility index (Phi) is 3.72. The van der Waals surface area contributed by atoms with Crippen molar-refractivity contribution in [3.63, 3.8) is 0 Å². The number of aromatic nitrogens is 3. The molecule has 1 aliphatic rings. The van der Waals surface area contributed by atoms with E-state index < -0.39 is 0 Å². The van der Waals surface area contributed by atoms with E-state index in [0.717, 1.165) is 5.56 Å². The summed E-state index contributed by atoms with van der Waals surface area (Å²) in [6, 6.07) is 8.50. The molecule has 1 aromatic carbocycles. The Bertz CT molecular complexity index is 1020. The van der Waals surface area contributed by atoms with Crippen LogP contribution in [0.3, 0.4) is 0 Å². The Balaban J connectivity index is 1.63. The van der Waals surface area contributed by atoms with Gasteiger partial charge >= 0.3 is 0 Å². The molecule has 0 fully saturated rings. The van der Waals surface area contributed by atoms with Crippen LogP contribution in [0.2, 0.25) is 0 Å². The second kappa shape index (κ2) is 6.07. The molecule has 2 amide bonds. The Morgan fingerprint density at radius 2 is 1.77 bits per heavy atom. The Labute approximate surface area is 148 Å². The van der Waals surface area contributed by atoms with Gasteiger partial charge in [0.1, 0.15) is 24.2 Å². The minimum Gasteiger partial charge on any atom is -0.455 e. The van der Waals surface area contributed by atoms with Gasteiger partial charge in [-0.25, -0.2) is 4.68 Å². The molecule has 1 aliphatic heterocycles. The van der Waals surface area contributed by atoms with Crippen molar-refractivity contribution in [2.45, 2.75) is 19.9 Å². The van der Waals surface area contributed by atoms with Crippen molar-refractivity contribution in [2.24, 2.45) is 5.10 Å². The molecule has 0 unspecified atom stereocenters. The largest absolute Gasteiger partial charge is 0.455 e. The molecule has 130 valence electrons. The molecule has 0 N–H and O–H groups in total. The maximum Gasteiger partial charge on any atom is 0.261 e. The monoisotopic (exact) mass is 349 g/mol. The predicted molar refractivity (Wildman–Crippen MR) is 92.8 cm³/mol. The van der Waals surface area contributed by atoms with E-state index in [0.29, 0.717) is 22.6 Å². The highest BCUT2D eigenvalue weighted by Gasteiger charge is 2.37. The van der Waals surface area contributed by atoms with Gasteiger partial charge in [0.15, 0.2) is 0 Å². The van der Waals surface area contributed by atoms with E-state index >= 15 is 0 Å². The molecule has 0 radical (unpaired) electrons. The average Bonchev–Trinajstić information content (AvgIpc) is 3.34. The highest BCUT2D eigenvalue weighted by molar-refractivity contribution is 6.21. The van der Waals surface area contributed by atoms with Gasteiger partial charge in [0, 0.05) is 11.6 Å². The first-order valence-corrected chi connectivity index (χ1v) is 8.05. The van der Waals surface area contributed by atoms with Crippen molar-refractivity contribution in [1.29, 1.82) is 0 Å². The number of benzene rings is 1. The molecule has 3 heterocycles. The summed E-state index contributed by atoms with van der Waals surface area (Å²) < 4.78 is 7.20. The fourth-order valence-electron chi connectivity index (χ4n) is 2.84. The quantitative estimate of drug-likeness (QED) is 0.533. The van der Waals surface area contributed by atoms with Crippen LogP contribution in [0.15, 0.2) is 52.5 Å². The zero-order valence-corrected chi connectivity index (χ0v) is 14.2. The van der Waals surface area contributed by atoms with Gasteiger partial charge < -0.3 is 4.42 Å². The predicted octanol–water partition coefficient (Wildman–Crippen LogP) is 2.42. The number of hydrogen-bond donors (Lipinski definition) is 0. The van der Waals surface area contributed by atoms with Crippen LogP contribution >= 0.6 is 0 Å². The molecule has 0 aliphatic carbocycles. The topological polar surface area (TPSA) is 93.6 Å². The Morgan fingerprint density at radius 1 is 1.04 bits per heavy atom. The molecule has 0 atom stereocenters. The van der Waals surface area contributed by atoms with E-state index in [1.165, 1.54) is 28.4 Å². The van der Waals surface area contributed by atoms with Gasteiger partial charge in [-0.15, -0.1) is 10.2 Å². The van der Waals surface area contributed by atoms with Crippen molar-refractivity contribution in [3.05, 3.63) is 59.9 Å². The number of carbonyl (C=O) groups excluding carboxylic acids is 2. The van der Waals surface area contributed by atoms with Gasteiger partial charge in [-0.3, -0.25) is 14.5 Å². The van der Waals surface area contributed by atoms with E-state index in [-0.39, 0.29) is 17.9 Å². The summed E-state index contributed by atoms with van der Waals surface area (Å²) in [6.45, 7) is 3.63. The van der Waals surface area contributed by atoms with Crippen molar-refractivity contribution < 1.29 is 14.0 Å². The van der Waals surface area contributed by atoms with E-state index in [1.54, 1.807) is 30.3 Å².